The average molecular weight is 245 g/mol. The van der Waals surface area contributed by atoms with Crippen LogP contribution in [0.25, 0.3) is 0 Å². The number of nitrogens with one attached hydrogen (secondary N) is 1. The lowest BCUT2D eigenvalue weighted by Crippen LogP contribution is -2.21. The van der Waals surface area contributed by atoms with Crippen LogP contribution in [-0.2, 0) is 6.54 Å². The van der Waals surface area contributed by atoms with Gasteiger partial charge in [0.2, 0.25) is 0 Å². The first-order valence-electron chi connectivity index (χ1n) is 6.92. The van der Waals surface area contributed by atoms with Gasteiger partial charge in [-0.1, -0.05) is 50.1 Å². The standard InChI is InChI=1S/C16H23NO/c1-2-12-18-16-9-4-3-8-15(16)13-17-11-10-14-6-5-7-14/h2-4,8-9,14,17H,1,5-7,10-13H2. The molecule has 0 heterocycles. The number of hydrogen-bond donors (Lipinski definition) is 1. The molecule has 1 aliphatic rings. The molecular formula is C16H23NO. The van der Waals surface area contributed by atoms with E-state index in [9.17, 15) is 0 Å². The summed E-state index contributed by atoms with van der Waals surface area (Å²) >= 11 is 0. The molecule has 0 bridgehead atoms. The van der Waals surface area contributed by atoms with Gasteiger partial charge in [-0.15, -0.1) is 0 Å². The molecule has 0 aliphatic heterocycles. The maximum Gasteiger partial charge on any atom is 0.124 e. The minimum absolute atomic E-state index is 0.569. The van der Waals surface area contributed by atoms with Gasteiger partial charge in [-0.2, -0.15) is 0 Å². The molecule has 2 rings (SSSR count). The predicted molar refractivity (Wildman–Crippen MR) is 75.8 cm³/mol. The lowest BCUT2D eigenvalue weighted by molar-refractivity contribution is 0.291. The monoisotopic (exact) mass is 245 g/mol. The summed E-state index contributed by atoms with van der Waals surface area (Å²) in [6.07, 6.45) is 7.39. The number of benzene rings is 1. The lowest BCUT2D eigenvalue weighted by atomic mass is 9.83. The topological polar surface area (TPSA) is 21.3 Å². The minimum atomic E-state index is 0.569. The highest BCUT2D eigenvalue weighted by Crippen LogP contribution is 2.28. The van der Waals surface area contributed by atoms with Crippen LogP contribution in [-0.4, -0.2) is 13.2 Å². The first-order chi connectivity index (χ1) is 8.90. The van der Waals surface area contributed by atoms with Crippen LogP contribution in [0.15, 0.2) is 36.9 Å². The van der Waals surface area contributed by atoms with Gasteiger partial charge in [-0.05, 0) is 24.9 Å². The third-order valence-corrected chi connectivity index (χ3v) is 3.60. The molecule has 1 aromatic rings. The summed E-state index contributed by atoms with van der Waals surface area (Å²) in [5.74, 6) is 1.94. The Labute approximate surface area is 110 Å². The summed E-state index contributed by atoms with van der Waals surface area (Å²) in [4.78, 5) is 0. The van der Waals surface area contributed by atoms with E-state index in [2.05, 4.69) is 24.0 Å². The molecule has 1 saturated carbocycles. The van der Waals surface area contributed by atoms with Crippen molar-refractivity contribution in [3.05, 3.63) is 42.5 Å². The first kappa shape index (κ1) is 13.2. The Morgan fingerprint density at radius 1 is 1.33 bits per heavy atom. The fraction of sp³-hybridized carbons (Fsp3) is 0.500. The molecule has 0 spiro atoms. The van der Waals surface area contributed by atoms with E-state index in [0.717, 1.165) is 24.8 Å². The first-order valence-corrected chi connectivity index (χ1v) is 6.92. The van der Waals surface area contributed by atoms with Crippen LogP contribution < -0.4 is 10.1 Å². The zero-order chi connectivity index (χ0) is 12.6. The maximum atomic E-state index is 5.64. The summed E-state index contributed by atoms with van der Waals surface area (Å²) in [5.41, 5.74) is 1.23. The van der Waals surface area contributed by atoms with E-state index in [1.807, 2.05) is 12.1 Å². The Balaban J connectivity index is 1.74. The van der Waals surface area contributed by atoms with Crippen molar-refractivity contribution < 1.29 is 4.74 Å². The zero-order valence-electron chi connectivity index (χ0n) is 11.0. The molecule has 0 amide bonds. The van der Waals surface area contributed by atoms with Crippen molar-refractivity contribution >= 4 is 0 Å². The molecule has 2 heteroatoms. The molecule has 2 nitrogen and oxygen atoms in total. The molecule has 0 saturated heterocycles. The zero-order valence-corrected chi connectivity index (χ0v) is 11.0. The van der Waals surface area contributed by atoms with Crippen molar-refractivity contribution in [3.63, 3.8) is 0 Å². The average Bonchev–Trinajstić information content (AvgIpc) is 2.35. The van der Waals surface area contributed by atoms with Gasteiger partial charge in [0.1, 0.15) is 12.4 Å². The van der Waals surface area contributed by atoms with Crippen LogP contribution in [0, 0.1) is 5.92 Å². The molecule has 0 radical (unpaired) electrons. The lowest BCUT2D eigenvalue weighted by Gasteiger charge is -2.25. The maximum absolute atomic E-state index is 5.64. The molecule has 1 N–H and O–H groups in total. The van der Waals surface area contributed by atoms with Crippen LogP contribution in [0.4, 0.5) is 0 Å². The fourth-order valence-electron chi connectivity index (χ4n) is 2.25. The van der Waals surface area contributed by atoms with E-state index in [4.69, 9.17) is 4.74 Å². The van der Waals surface area contributed by atoms with Crippen molar-refractivity contribution in [1.82, 2.24) is 5.32 Å². The Bertz CT molecular complexity index is 371. The molecule has 0 unspecified atom stereocenters. The Morgan fingerprint density at radius 2 is 2.17 bits per heavy atom. The molecule has 1 aliphatic carbocycles. The number of rotatable bonds is 8. The van der Waals surface area contributed by atoms with E-state index in [1.165, 1.54) is 31.2 Å². The largest absolute Gasteiger partial charge is 0.489 e. The van der Waals surface area contributed by atoms with Gasteiger partial charge in [-0.3, -0.25) is 0 Å². The SMILES string of the molecule is C=CCOc1ccccc1CNCCC1CCC1. The summed E-state index contributed by atoms with van der Waals surface area (Å²) in [6, 6.07) is 8.21. The summed E-state index contributed by atoms with van der Waals surface area (Å²) in [6.45, 7) is 6.24. The van der Waals surface area contributed by atoms with E-state index in [0.29, 0.717) is 6.61 Å². The predicted octanol–water partition coefficient (Wildman–Crippen LogP) is 3.53. The van der Waals surface area contributed by atoms with Gasteiger partial charge in [0.05, 0.1) is 0 Å². The second-order valence-corrected chi connectivity index (χ2v) is 4.97. The van der Waals surface area contributed by atoms with Crippen molar-refractivity contribution in [2.24, 2.45) is 5.92 Å². The molecule has 0 aromatic heterocycles. The van der Waals surface area contributed by atoms with Gasteiger partial charge in [0, 0.05) is 12.1 Å². The number of para-hydroxylation sites is 1. The van der Waals surface area contributed by atoms with Crippen LogP contribution in [0.5, 0.6) is 5.75 Å². The molecule has 1 aromatic carbocycles. The highest BCUT2D eigenvalue weighted by molar-refractivity contribution is 5.33. The number of hydrogen-bond acceptors (Lipinski definition) is 2. The molecular weight excluding hydrogens is 222 g/mol. The van der Waals surface area contributed by atoms with Crippen molar-refractivity contribution in [3.8, 4) is 5.75 Å². The van der Waals surface area contributed by atoms with Gasteiger partial charge >= 0.3 is 0 Å². The van der Waals surface area contributed by atoms with Crippen molar-refractivity contribution in [2.45, 2.75) is 32.2 Å². The van der Waals surface area contributed by atoms with E-state index >= 15 is 0 Å². The third-order valence-electron chi connectivity index (χ3n) is 3.60. The second kappa shape index (κ2) is 7.22. The van der Waals surface area contributed by atoms with Gasteiger partial charge in [-0.25, -0.2) is 0 Å². The highest BCUT2D eigenvalue weighted by Gasteiger charge is 2.16. The summed E-state index contributed by atoms with van der Waals surface area (Å²) < 4.78 is 5.64. The summed E-state index contributed by atoms with van der Waals surface area (Å²) in [7, 11) is 0. The van der Waals surface area contributed by atoms with Crippen molar-refractivity contribution in [2.75, 3.05) is 13.2 Å². The van der Waals surface area contributed by atoms with Crippen LogP contribution >= 0.6 is 0 Å². The smallest absolute Gasteiger partial charge is 0.124 e. The molecule has 1 fully saturated rings. The third kappa shape index (κ3) is 3.88. The van der Waals surface area contributed by atoms with Gasteiger partial charge < -0.3 is 10.1 Å². The fourth-order valence-corrected chi connectivity index (χ4v) is 2.25. The minimum Gasteiger partial charge on any atom is -0.489 e. The van der Waals surface area contributed by atoms with Crippen LogP contribution in [0.3, 0.4) is 0 Å². The van der Waals surface area contributed by atoms with Crippen molar-refractivity contribution in [1.29, 1.82) is 0 Å². The van der Waals surface area contributed by atoms with Crippen LogP contribution in [0.2, 0.25) is 0 Å². The quantitative estimate of drug-likeness (QED) is 0.559. The second-order valence-electron chi connectivity index (χ2n) is 4.97. The van der Waals surface area contributed by atoms with E-state index < -0.39 is 0 Å². The van der Waals surface area contributed by atoms with E-state index in [1.54, 1.807) is 6.08 Å². The van der Waals surface area contributed by atoms with Crippen LogP contribution in [0.1, 0.15) is 31.2 Å². The normalized spacial score (nSPS) is 15.1. The highest BCUT2D eigenvalue weighted by atomic mass is 16.5. The Hall–Kier alpha value is -1.28. The Kier molecular flexibility index (Phi) is 5.28. The summed E-state index contributed by atoms with van der Waals surface area (Å²) in [5, 5.41) is 3.51. The Morgan fingerprint density at radius 3 is 2.89 bits per heavy atom. The number of ether oxygens (including phenoxy) is 1. The van der Waals surface area contributed by atoms with E-state index in [-0.39, 0.29) is 0 Å². The molecule has 98 valence electrons. The van der Waals surface area contributed by atoms with Gasteiger partial charge in [0.25, 0.3) is 0 Å². The molecule has 18 heavy (non-hydrogen) atoms. The molecule has 0 atom stereocenters. The van der Waals surface area contributed by atoms with Gasteiger partial charge in [0.15, 0.2) is 0 Å².